The number of benzene rings is 1. The van der Waals surface area contributed by atoms with Crippen LogP contribution in [0.4, 0.5) is 5.69 Å². The summed E-state index contributed by atoms with van der Waals surface area (Å²) in [5, 5.41) is 9.22. The van der Waals surface area contributed by atoms with Gasteiger partial charge in [-0.1, -0.05) is 6.92 Å². The fraction of sp³-hybridized carbons (Fsp3) is 0.467. The molecule has 0 N–H and O–H groups in total. The largest absolute Gasteiger partial charge is 0.497 e. The maximum Gasteiger partial charge on any atom is 0.310 e. The summed E-state index contributed by atoms with van der Waals surface area (Å²) in [5.74, 6) is 0.549. The summed E-state index contributed by atoms with van der Waals surface area (Å²) in [6.07, 6.45) is 0. The second kappa shape index (κ2) is 5.83. The van der Waals surface area contributed by atoms with Crippen LogP contribution in [0.5, 0.6) is 5.75 Å². The monoisotopic (exact) mass is 274 g/mol. The zero-order chi connectivity index (χ0) is 14.7. The third-order valence-corrected chi connectivity index (χ3v) is 3.78. The van der Waals surface area contributed by atoms with E-state index in [9.17, 15) is 10.1 Å². The van der Waals surface area contributed by atoms with Gasteiger partial charge >= 0.3 is 5.97 Å². The second-order valence-corrected chi connectivity index (χ2v) is 5.01. The van der Waals surface area contributed by atoms with Crippen molar-refractivity contribution in [3.63, 3.8) is 0 Å². The average Bonchev–Trinajstić information content (AvgIpc) is 2.87. The van der Waals surface area contributed by atoms with E-state index in [0.717, 1.165) is 12.2 Å². The average molecular weight is 274 g/mol. The number of ether oxygens (including phenoxy) is 2. The molecule has 1 fully saturated rings. The smallest absolute Gasteiger partial charge is 0.310 e. The van der Waals surface area contributed by atoms with Crippen LogP contribution in [0.25, 0.3) is 0 Å². The third-order valence-electron chi connectivity index (χ3n) is 3.78. The highest BCUT2D eigenvalue weighted by Crippen LogP contribution is 2.33. The van der Waals surface area contributed by atoms with Crippen LogP contribution in [0.3, 0.4) is 0 Å². The Kier molecular flexibility index (Phi) is 4.14. The number of carbonyl (C=O) groups is 1. The predicted octanol–water partition coefficient (Wildman–Crippen LogP) is 1.81. The Labute approximate surface area is 118 Å². The van der Waals surface area contributed by atoms with Crippen molar-refractivity contribution in [2.45, 2.75) is 6.92 Å². The van der Waals surface area contributed by atoms with Gasteiger partial charge in [0.05, 0.1) is 31.4 Å². The maximum atomic E-state index is 11.7. The van der Waals surface area contributed by atoms with E-state index in [0.29, 0.717) is 17.9 Å². The molecule has 0 saturated carbocycles. The van der Waals surface area contributed by atoms with Gasteiger partial charge in [-0.2, -0.15) is 5.26 Å². The summed E-state index contributed by atoms with van der Waals surface area (Å²) in [5.41, 5.74) is 1.40. The van der Waals surface area contributed by atoms with Crippen molar-refractivity contribution in [2.75, 3.05) is 32.2 Å². The van der Waals surface area contributed by atoms with Gasteiger partial charge in [0.25, 0.3) is 0 Å². The highest BCUT2D eigenvalue weighted by molar-refractivity contribution is 5.75. The van der Waals surface area contributed by atoms with Crippen molar-refractivity contribution >= 4 is 11.7 Å². The molecule has 1 saturated heterocycles. The first-order valence-corrected chi connectivity index (χ1v) is 6.51. The minimum absolute atomic E-state index is 0.155. The van der Waals surface area contributed by atoms with Gasteiger partial charge in [0.1, 0.15) is 11.8 Å². The molecule has 2 atom stereocenters. The standard InChI is InChI=1S/C15H18N2O3/c1-10-8-17(9-13(10)15(18)20-3)14-6-12(19-2)5-4-11(14)7-16/h4-6,10,13H,8-9H2,1-3H3. The molecule has 0 radical (unpaired) electrons. The van der Waals surface area contributed by atoms with Crippen molar-refractivity contribution in [2.24, 2.45) is 11.8 Å². The Morgan fingerprint density at radius 2 is 2.15 bits per heavy atom. The minimum atomic E-state index is -0.193. The van der Waals surface area contributed by atoms with E-state index in [1.165, 1.54) is 7.11 Å². The van der Waals surface area contributed by atoms with E-state index in [4.69, 9.17) is 9.47 Å². The van der Waals surface area contributed by atoms with Crippen molar-refractivity contribution in [1.82, 2.24) is 0 Å². The zero-order valence-electron chi connectivity index (χ0n) is 11.9. The molecule has 0 aliphatic carbocycles. The quantitative estimate of drug-likeness (QED) is 0.787. The first-order valence-electron chi connectivity index (χ1n) is 6.51. The van der Waals surface area contributed by atoms with Crippen LogP contribution in [0.1, 0.15) is 12.5 Å². The van der Waals surface area contributed by atoms with Crippen molar-refractivity contribution < 1.29 is 14.3 Å². The topological polar surface area (TPSA) is 62.6 Å². The lowest BCUT2D eigenvalue weighted by Gasteiger charge is -2.20. The van der Waals surface area contributed by atoms with Gasteiger partial charge in [0.15, 0.2) is 0 Å². The number of nitriles is 1. The number of carbonyl (C=O) groups excluding carboxylic acids is 1. The second-order valence-electron chi connectivity index (χ2n) is 5.01. The molecule has 1 aromatic rings. The molecule has 2 rings (SSSR count). The van der Waals surface area contributed by atoms with Gasteiger partial charge < -0.3 is 14.4 Å². The number of methoxy groups -OCH3 is 2. The Bertz CT molecular complexity index is 551. The molecule has 0 amide bonds. The summed E-state index contributed by atoms with van der Waals surface area (Å²) in [4.78, 5) is 13.8. The fourth-order valence-corrected chi connectivity index (χ4v) is 2.62. The van der Waals surface area contributed by atoms with E-state index in [1.807, 2.05) is 17.9 Å². The Balaban J connectivity index is 2.29. The first kappa shape index (κ1) is 14.2. The lowest BCUT2D eigenvalue weighted by atomic mass is 9.99. The van der Waals surface area contributed by atoms with E-state index in [2.05, 4.69) is 6.07 Å². The predicted molar refractivity (Wildman–Crippen MR) is 74.6 cm³/mol. The number of rotatable bonds is 3. The first-order chi connectivity index (χ1) is 9.60. The van der Waals surface area contributed by atoms with Crippen LogP contribution in [-0.4, -0.2) is 33.3 Å². The number of hydrogen-bond donors (Lipinski definition) is 0. The molecule has 0 spiro atoms. The minimum Gasteiger partial charge on any atom is -0.497 e. The summed E-state index contributed by atoms with van der Waals surface area (Å²) >= 11 is 0. The lowest BCUT2D eigenvalue weighted by molar-refractivity contribution is -0.145. The Hall–Kier alpha value is -2.22. The zero-order valence-corrected chi connectivity index (χ0v) is 11.9. The van der Waals surface area contributed by atoms with Crippen molar-refractivity contribution in [1.29, 1.82) is 5.26 Å². The van der Waals surface area contributed by atoms with Crippen LogP contribution in [0, 0.1) is 23.2 Å². The van der Waals surface area contributed by atoms with E-state index in [-0.39, 0.29) is 17.8 Å². The maximum absolute atomic E-state index is 11.7. The molecular weight excluding hydrogens is 256 g/mol. The molecule has 2 unspecified atom stereocenters. The summed E-state index contributed by atoms with van der Waals surface area (Å²) < 4.78 is 10.0. The van der Waals surface area contributed by atoms with Gasteiger partial charge in [0, 0.05) is 19.2 Å². The molecule has 106 valence electrons. The van der Waals surface area contributed by atoms with E-state index >= 15 is 0 Å². The molecule has 0 bridgehead atoms. The molecule has 0 aromatic heterocycles. The fourth-order valence-electron chi connectivity index (χ4n) is 2.62. The summed E-state index contributed by atoms with van der Waals surface area (Å²) in [6.45, 7) is 3.31. The van der Waals surface area contributed by atoms with Gasteiger partial charge in [-0.25, -0.2) is 0 Å². The molecule has 1 aliphatic rings. The van der Waals surface area contributed by atoms with E-state index in [1.54, 1.807) is 19.2 Å². The van der Waals surface area contributed by atoms with Gasteiger partial charge in [0.2, 0.25) is 0 Å². The highest BCUT2D eigenvalue weighted by atomic mass is 16.5. The SMILES string of the molecule is COC(=O)C1CN(c2cc(OC)ccc2C#N)CC1C. The molecule has 1 heterocycles. The molecule has 1 aromatic carbocycles. The van der Waals surface area contributed by atoms with Gasteiger partial charge in [-0.05, 0) is 18.1 Å². The Morgan fingerprint density at radius 1 is 1.40 bits per heavy atom. The molecule has 1 aliphatic heterocycles. The van der Waals surface area contributed by atoms with Crippen molar-refractivity contribution in [3.05, 3.63) is 23.8 Å². The van der Waals surface area contributed by atoms with Gasteiger partial charge in [-0.15, -0.1) is 0 Å². The number of hydrogen-bond acceptors (Lipinski definition) is 5. The summed E-state index contributed by atoms with van der Waals surface area (Å²) in [7, 11) is 3.00. The third kappa shape index (κ3) is 2.55. The van der Waals surface area contributed by atoms with Crippen LogP contribution < -0.4 is 9.64 Å². The molecule has 5 heteroatoms. The molecule has 20 heavy (non-hydrogen) atoms. The van der Waals surface area contributed by atoms with Gasteiger partial charge in [-0.3, -0.25) is 4.79 Å². The Morgan fingerprint density at radius 3 is 2.75 bits per heavy atom. The normalized spacial score (nSPS) is 21.4. The number of anilines is 1. The van der Waals surface area contributed by atoms with Crippen LogP contribution in [0.2, 0.25) is 0 Å². The summed E-state index contributed by atoms with van der Waals surface area (Å²) in [6, 6.07) is 7.53. The highest BCUT2D eigenvalue weighted by Gasteiger charge is 2.36. The van der Waals surface area contributed by atoms with Crippen LogP contribution in [-0.2, 0) is 9.53 Å². The molecular formula is C15H18N2O3. The number of esters is 1. The number of nitrogens with zero attached hydrogens (tertiary/aromatic N) is 2. The van der Waals surface area contributed by atoms with E-state index < -0.39 is 0 Å². The molecule has 5 nitrogen and oxygen atoms in total. The van der Waals surface area contributed by atoms with Crippen LogP contribution >= 0.6 is 0 Å². The van der Waals surface area contributed by atoms with Crippen LogP contribution in [0.15, 0.2) is 18.2 Å². The lowest BCUT2D eigenvalue weighted by Crippen LogP contribution is -2.24. The van der Waals surface area contributed by atoms with Crippen molar-refractivity contribution in [3.8, 4) is 11.8 Å².